The van der Waals surface area contributed by atoms with Gasteiger partial charge in [-0.1, -0.05) is 48.5 Å². The summed E-state index contributed by atoms with van der Waals surface area (Å²) in [5.74, 6) is 0.817. The molecule has 1 amide bonds. The Kier molecular flexibility index (Phi) is 5.88. The summed E-state index contributed by atoms with van der Waals surface area (Å²) in [6.07, 6.45) is 0.680. The van der Waals surface area contributed by atoms with Gasteiger partial charge in [0.2, 0.25) is 0 Å². The molecule has 1 saturated heterocycles. The summed E-state index contributed by atoms with van der Waals surface area (Å²) in [6, 6.07) is 22.5. The summed E-state index contributed by atoms with van der Waals surface area (Å²) < 4.78 is 10.7. The first-order chi connectivity index (χ1) is 15.7. The van der Waals surface area contributed by atoms with Crippen LogP contribution in [0.5, 0.6) is 5.75 Å². The summed E-state index contributed by atoms with van der Waals surface area (Å²) >= 11 is 0. The van der Waals surface area contributed by atoms with Crippen molar-refractivity contribution in [2.45, 2.75) is 12.5 Å². The minimum Gasteiger partial charge on any atom is -0.497 e. The highest BCUT2D eigenvalue weighted by Crippen LogP contribution is 2.34. The van der Waals surface area contributed by atoms with E-state index in [1.165, 1.54) is 10.8 Å². The molecule has 0 N–H and O–H groups in total. The Balaban J connectivity index is 1.45. The van der Waals surface area contributed by atoms with Crippen LogP contribution in [0.4, 0.5) is 0 Å². The van der Waals surface area contributed by atoms with E-state index in [0.717, 1.165) is 35.7 Å². The third-order valence-electron chi connectivity index (χ3n) is 6.21. The van der Waals surface area contributed by atoms with Gasteiger partial charge in [0.15, 0.2) is 0 Å². The number of benzene rings is 3. The van der Waals surface area contributed by atoms with Gasteiger partial charge in [-0.25, -0.2) is 5.01 Å². The van der Waals surface area contributed by atoms with Crippen molar-refractivity contribution in [2.75, 3.05) is 40.0 Å². The van der Waals surface area contributed by atoms with Crippen LogP contribution in [0.15, 0.2) is 71.8 Å². The predicted molar refractivity (Wildman–Crippen MR) is 125 cm³/mol. The maximum atomic E-state index is 13.3. The average Bonchev–Trinajstić information content (AvgIpc) is 3.30. The van der Waals surface area contributed by atoms with Gasteiger partial charge >= 0.3 is 0 Å². The van der Waals surface area contributed by atoms with E-state index in [9.17, 15) is 4.79 Å². The van der Waals surface area contributed by atoms with Crippen LogP contribution in [0.25, 0.3) is 10.8 Å². The monoisotopic (exact) mass is 429 g/mol. The van der Waals surface area contributed by atoms with E-state index in [1.807, 2.05) is 36.4 Å². The summed E-state index contributed by atoms with van der Waals surface area (Å²) in [4.78, 5) is 15.5. The Bertz CT molecular complexity index is 1140. The fourth-order valence-corrected chi connectivity index (χ4v) is 4.39. The second-order valence-electron chi connectivity index (χ2n) is 8.23. The molecule has 0 aliphatic carbocycles. The molecule has 6 heteroatoms. The number of methoxy groups -OCH3 is 1. The number of carbonyl (C=O) groups is 1. The summed E-state index contributed by atoms with van der Waals surface area (Å²) in [5, 5.41) is 8.89. The lowest BCUT2D eigenvalue weighted by molar-refractivity contribution is -0.135. The molecule has 1 atom stereocenters. The molecule has 0 saturated carbocycles. The normalized spacial score (nSPS) is 19.2. The van der Waals surface area contributed by atoms with Crippen molar-refractivity contribution in [1.82, 2.24) is 9.91 Å². The molecule has 0 spiro atoms. The van der Waals surface area contributed by atoms with Gasteiger partial charge in [0.1, 0.15) is 5.75 Å². The van der Waals surface area contributed by atoms with Crippen molar-refractivity contribution in [3.8, 4) is 5.75 Å². The second kappa shape index (κ2) is 9.10. The van der Waals surface area contributed by atoms with Gasteiger partial charge in [-0.2, -0.15) is 5.10 Å². The van der Waals surface area contributed by atoms with Gasteiger partial charge < -0.3 is 9.47 Å². The number of ether oxygens (including phenoxy) is 2. The largest absolute Gasteiger partial charge is 0.497 e. The zero-order valence-electron chi connectivity index (χ0n) is 18.2. The van der Waals surface area contributed by atoms with Crippen LogP contribution in [0.1, 0.15) is 23.6 Å². The van der Waals surface area contributed by atoms with Crippen LogP contribution in [-0.2, 0) is 9.53 Å². The molecule has 32 heavy (non-hydrogen) atoms. The highest BCUT2D eigenvalue weighted by atomic mass is 16.5. The number of hydrazone groups is 1. The zero-order chi connectivity index (χ0) is 21.9. The maximum absolute atomic E-state index is 13.3. The molecular weight excluding hydrogens is 402 g/mol. The smallest absolute Gasteiger partial charge is 0.257 e. The zero-order valence-corrected chi connectivity index (χ0v) is 18.2. The van der Waals surface area contributed by atoms with Crippen molar-refractivity contribution in [1.29, 1.82) is 0 Å². The third kappa shape index (κ3) is 4.24. The number of morpholine rings is 1. The fraction of sp³-hybridized carbons (Fsp3) is 0.308. The molecule has 2 aliphatic rings. The van der Waals surface area contributed by atoms with Crippen LogP contribution in [0.3, 0.4) is 0 Å². The number of carbonyl (C=O) groups excluding carboxylic acids is 1. The Morgan fingerprint density at radius 2 is 1.78 bits per heavy atom. The van der Waals surface area contributed by atoms with E-state index in [-0.39, 0.29) is 11.9 Å². The van der Waals surface area contributed by atoms with Crippen LogP contribution in [0.2, 0.25) is 0 Å². The second-order valence-corrected chi connectivity index (χ2v) is 8.23. The summed E-state index contributed by atoms with van der Waals surface area (Å²) in [6.45, 7) is 3.23. The summed E-state index contributed by atoms with van der Waals surface area (Å²) in [7, 11) is 1.66. The molecule has 2 heterocycles. The van der Waals surface area contributed by atoms with Crippen molar-refractivity contribution < 1.29 is 14.3 Å². The Labute approximate surface area is 188 Å². The molecule has 3 aromatic rings. The molecule has 1 fully saturated rings. The molecule has 2 aliphatic heterocycles. The standard InChI is InChI=1S/C26H27N3O3/c1-31-23-10-8-20(9-11-23)25-17-24(22-7-6-19-4-2-3-5-21(19)16-22)27-29(25)26(30)18-28-12-14-32-15-13-28/h2-11,16,25H,12-15,17-18H2,1H3/t25-/m0/s1. The van der Waals surface area contributed by atoms with E-state index in [0.29, 0.717) is 26.2 Å². The van der Waals surface area contributed by atoms with Crippen LogP contribution < -0.4 is 4.74 Å². The van der Waals surface area contributed by atoms with Crippen LogP contribution >= 0.6 is 0 Å². The van der Waals surface area contributed by atoms with Gasteiger partial charge in [0.05, 0.1) is 38.6 Å². The third-order valence-corrected chi connectivity index (χ3v) is 6.21. The number of amides is 1. The fourth-order valence-electron chi connectivity index (χ4n) is 4.39. The SMILES string of the molecule is COc1ccc([C@@H]2CC(c3ccc4ccccc4c3)=NN2C(=O)CN2CCOCC2)cc1. The van der Waals surface area contributed by atoms with E-state index in [1.54, 1.807) is 12.1 Å². The molecule has 5 rings (SSSR count). The van der Waals surface area contributed by atoms with Crippen molar-refractivity contribution >= 4 is 22.4 Å². The van der Waals surface area contributed by atoms with E-state index in [4.69, 9.17) is 14.6 Å². The quantitative estimate of drug-likeness (QED) is 0.618. The number of rotatable bonds is 5. The first-order valence-electron chi connectivity index (χ1n) is 11.0. The number of fused-ring (bicyclic) bond motifs is 1. The number of hydrogen-bond donors (Lipinski definition) is 0. The van der Waals surface area contributed by atoms with Crippen molar-refractivity contribution in [3.05, 3.63) is 77.9 Å². The van der Waals surface area contributed by atoms with Gasteiger partial charge in [-0.15, -0.1) is 0 Å². The molecule has 6 nitrogen and oxygen atoms in total. The van der Waals surface area contributed by atoms with Gasteiger partial charge in [0.25, 0.3) is 5.91 Å². The molecule has 0 aromatic heterocycles. The molecule has 0 radical (unpaired) electrons. The van der Waals surface area contributed by atoms with Crippen LogP contribution in [-0.4, -0.2) is 61.5 Å². The van der Waals surface area contributed by atoms with E-state index in [2.05, 4.69) is 35.2 Å². The molecule has 164 valence electrons. The highest BCUT2D eigenvalue weighted by molar-refractivity contribution is 6.05. The first-order valence-corrected chi connectivity index (χ1v) is 11.0. The Morgan fingerprint density at radius 3 is 2.53 bits per heavy atom. The Morgan fingerprint density at radius 1 is 1.03 bits per heavy atom. The average molecular weight is 430 g/mol. The maximum Gasteiger partial charge on any atom is 0.257 e. The highest BCUT2D eigenvalue weighted by Gasteiger charge is 2.34. The summed E-state index contributed by atoms with van der Waals surface area (Å²) in [5.41, 5.74) is 3.05. The minimum absolute atomic E-state index is 0.0171. The molecule has 3 aromatic carbocycles. The lowest BCUT2D eigenvalue weighted by atomic mass is 9.97. The van der Waals surface area contributed by atoms with Crippen LogP contribution in [0, 0.1) is 0 Å². The topological polar surface area (TPSA) is 54.4 Å². The molecule has 0 bridgehead atoms. The first kappa shape index (κ1) is 20.7. The van der Waals surface area contributed by atoms with Crippen molar-refractivity contribution in [2.24, 2.45) is 5.10 Å². The van der Waals surface area contributed by atoms with E-state index < -0.39 is 0 Å². The molecule has 0 unspecified atom stereocenters. The Hall–Kier alpha value is -3.22. The van der Waals surface area contributed by atoms with Gasteiger partial charge in [0, 0.05) is 19.5 Å². The number of nitrogens with zero attached hydrogens (tertiary/aromatic N) is 3. The lowest BCUT2D eigenvalue weighted by Gasteiger charge is -2.29. The van der Waals surface area contributed by atoms with Crippen molar-refractivity contribution in [3.63, 3.8) is 0 Å². The minimum atomic E-state index is -0.129. The van der Waals surface area contributed by atoms with Gasteiger partial charge in [-0.3, -0.25) is 9.69 Å². The lowest BCUT2D eigenvalue weighted by Crippen LogP contribution is -2.43. The van der Waals surface area contributed by atoms with Gasteiger partial charge in [-0.05, 0) is 40.1 Å². The molecular formula is C26H27N3O3. The predicted octanol–water partition coefficient (Wildman–Crippen LogP) is 3.86. The number of hydrogen-bond acceptors (Lipinski definition) is 5. The van der Waals surface area contributed by atoms with E-state index >= 15 is 0 Å².